The number of methoxy groups -OCH3 is 3. The standard InChI is InChI=1S/C28H29ClO6S/c1-32-23-13-17-8-10-22(35-28(31)18-7-5-6-16(12-18)15-29)20-14-21(30)24(36-4)11-9-19(20)25(17)27(34-3)26(23)33-2/h5-7,9,11-13,20,22H,8,10,14-15H2,1-4H3/t20?,22-/m0/s1. The number of Topliss-reactive ketones (excluding diaryl/α,β-unsaturated/α-hetero) is 1. The number of carbonyl (C=O) groups excluding carboxylic acids is 2. The van der Waals surface area contributed by atoms with Crippen molar-refractivity contribution in [1.29, 1.82) is 0 Å². The van der Waals surface area contributed by atoms with Gasteiger partial charge in [0.25, 0.3) is 0 Å². The highest BCUT2D eigenvalue weighted by Crippen LogP contribution is 2.50. The van der Waals surface area contributed by atoms with Crippen molar-refractivity contribution in [2.75, 3.05) is 27.6 Å². The summed E-state index contributed by atoms with van der Waals surface area (Å²) >= 11 is 7.37. The van der Waals surface area contributed by atoms with Crippen molar-refractivity contribution >= 4 is 40.7 Å². The first-order chi connectivity index (χ1) is 17.4. The summed E-state index contributed by atoms with van der Waals surface area (Å²) in [5.74, 6) is 1.11. The van der Waals surface area contributed by atoms with Gasteiger partial charge in [0, 0.05) is 23.8 Å². The Morgan fingerprint density at radius 1 is 1.08 bits per heavy atom. The van der Waals surface area contributed by atoms with Gasteiger partial charge < -0.3 is 18.9 Å². The van der Waals surface area contributed by atoms with Crippen LogP contribution in [0.25, 0.3) is 5.57 Å². The van der Waals surface area contributed by atoms with Crippen LogP contribution in [0.2, 0.25) is 0 Å². The lowest BCUT2D eigenvalue weighted by atomic mass is 9.85. The van der Waals surface area contributed by atoms with Crippen molar-refractivity contribution < 1.29 is 28.5 Å². The average molecular weight is 529 g/mol. The van der Waals surface area contributed by atoms with Crippen LogP contribution in [0.4, 0.5) is 0 Å². The van der Waals surface area contributed by atoms with Gasteiger partial charge in [-0.3, -0.25) is 4.79 Å². The van der Waals surface area contributed by atoms with Crippen LogP contribution in [-0.4, -0.2) is 45.4 Å². The number of thioether (sulfide) groups is 1. The molecular weight excluding hydrogens is 500 g/mol. The van der Waals surface area contributed by atoms with E-state index in [-0.39, 0.29) is 18.1 Å². The number of aryl methyl sites for hydroxylation is 1. The molecule has 4 rings (SSSR count). The van der Waals surface area contributed by atoms with Crippen molar-refractivity contribution in [3.05, 3.63) is 69.6 Å². The highest BCUT2D eigenvalue weighted by atomic mass is 35.5. The third-order valence-electron chi connectivity index (χ3n) is 6.64. The Morgan fingerprint density at radius 3 is 2.53 bits per heavy atom. The van der Waals surface area contributed by atoms with Gasteiger partial charge in [-0.1, -0.05) is 18.2 Å². The van der Waals surface area contributed by atoms with Gasteiger partial charge in [-0.2, -0.15) is 0 Å². The highest BCUT2D eigenvalue weighted by molar-refractivity contribution is 8.03. The molecule has 0 aromatic heterocycles. The zero-order valence-electron chi connectivity index (χ0n) is 20.8. The molecule has 0 bridgehead atoms. The molecule has 0 heterocycles. The molecule has 1 unspecified atom stereocenters. The van der Waals surface area contributed by atoms with Crippen LogP contribution in [-0.2, 0) is 21.8 Å². The first-order valence-corrected chi connectivity index (χ1v) is 13.4. The van der Waals surface area contributed by atoms with Gasteiger partial charge in [-0.15, -0.1) is 23.4 Å². The summed E-state index contributed by atoms with van der Waals surface area (Å²) in [5.41, 5.74) is 3.99. The molecule has 2 aliphatic carbocycles. The Bertz CT molecular complexity index is 1230. The monoisotopic (exact) mass is 528 g/mol. The van der Waals surface area contributed by atoms with Crippen molar-refractivity contribution in [2.24, 2.45) is 5.92 Å². The summed E-state index contributed by atoms with van der Waals surface area (Å²) in [6, 6.07) is 9.04. The Morgan fingerprint density at radius 2 is 1.86 bits per heavy atom. The quantitative estimate of drug-likeness (QED) is 0.330. The van der Waals surface area contributed by atoms with Crippen molar-refractivity contribution in [3.63, 3.8) is 0 Å². The van der Waals surface area contributed by atoms with Crippen LogP contribution in [0.5, 0.6) is 17.2 Å². The molecule has 2 atom stereocenters. The van der Waals surface area contributed by atoms with Crippen LogP contribution in [0.15, 0.2) is 47.4 Å². The predicted octanol–water partition coefficient (Wildman–Crippen LogP) is 5.84. The number of allylic oxidation sites excluding steroid dienone is 3. The average Bonchev–Trinajstić information content (AvgIpc) is 3.15. The fourth-order valence-corrected chi connectivity index (χ4v) is 5.60. The van der Waals surface area contributed by atoms with Crippen molar-refractivity contribution in [2.45, 2.75) is 31.2 Å². The van der Waals surface area contributed by atoms with E-state index in [1.165, 1.54) is 11.8 Å². The molecule has 2 aromatic rings. The Labute approximate surface area is 220 Å². The van der Waals surface area contributed by atoms with Gasteiger partial charge >= 0.3 is 5.97 Å². The van der Waals surface area contributed by atoms with Gasteiger partial charge in [-0.25, -0.2) is 4.79 Å². The smallest absolute Gasteiger partial charge is 0.338 e. The maximum atomic E-state index is 13.2. The van der Waals surface area contributed by atoms with Crippen molar-refractivity contribution in [1.82, 2.24) is 0 Å². The minimum absolute atomic E-state index is 0.0202. The number of ketones is 1. The van der Waals surface area contributed by atoms with E-state index in [2.05, 4.69) is 0 Å². The number of halogens is 1. The number of esters is 1. The van der Waals surface area contributed by atoms with Gasteiger partial charge in [0.05, 0.1) is 31.8 Å². The second-order valence-electron chi connectivity index (χ2n) is 8.59. The van der Waals surface area contributed by atoms with Crippen LogP contribution in [0.1, 0.15) is 39.9 Å². The van der Waals surface area contributed by atoms with E-state index >= 15 is 0 Å². The number of hydrogen-bond acceptors (Lipinski definition) is 7. The van der Waals surface area contributed by atoms with Crippen LogP contribution < -0.4 is 14.2 Å². The number of hydrogen-bond donors (Lipinski definition) is 0. The Hall–Kier alpha value is -2.90. The van der Waals surface area contributed by atoms with E-state index in [1.54, 1.807) is 39.5 Å². The number of carbonyl (C=O) groups is 2. The molecular formula is C28H29ClO6S. The van der Waals surface area contributed by atoms with Crippen LogP contribution in [0.3, 0.4) is 0 Å². The molecule has 0 saturated carbocycles. The molecule has 2 aliphatic rings. The van der Waals surface area contributed by atoms with E-state index in [0.717, 1.165) is 22.3 Å². The number of rotatable bonds is 7. The largest absolute Gasteiger partial charge is 0.493 e. The number of benzene rings is 2. The van der Waals surface area contributed by atoms with E-state index in [4.69, 9.17) is 30.5 Å². The normalized spacial score (nSPS) is 19.1. The molecule has 2 aromatic carbocycles. The van der Waals surface area contributed by atoms with E-state index in [9.17, 15) is 9.59 Å². The van der Waals surface area contributed by atoms with Gasteiger partial charge in [0.15, 0.2) is 17.3 Å². The lowest BCUT2D eigenvalue weighted by molar-refractivity contribution is -0.116. The van der Waals surface area contributed by atoms with Crippen LogP contribution >= 0.6 is 23.4 Å². The zero-order valence-corrected chi connectivity index (χ0v) is 22.3. The van der Waals surface area contributed by atoms with E-state index < -0.39 is 12.1 Å². The maximum absolute atomic E-state index is 13.2. The summed E-state index contributed by atoms with van der Waals surface area (Å²) in [6.45, 7) is 0. The lowest BCUT2D eigenvalue weighted by Gasteiger charge is -2.27. The van der Waals surface area contributed by atoms with Crippen LogP contribution in [0, 0.1) is 5.92 Å². The third kappa shape index (κ3) is 5.00. The fraction of sp³-hybridized carbons (Fsp3) is 0.357. The third-order valence-corrected chi connectivity index (χ3v) is 7.75. The van der Waals surface area contributed by atoms with Gasteiger partial charge in [0.1, 0.15) is 6.10 Å². The topological polar surface area (TPSA) is 71.1 Å². The van der Waals surface area contributed by atoms with Gasteiger partial charge in [-0.05, 0) is 60.1 Å². The molecule has 0 fully saturated rings. The van der Waals surface area contributed by atoms with E-state index in [1.807, 2.05) is 30.5 Å². The predicted molar refractivity (Wildman–Crippen MR) is 142 cm³/mol. The fourth-order valence-electron chi connectivity index (χ4n) is 4.92. The summed E-state index contributed by atoms with van der Waals surface area (Å²) in [6.07, 6.45) is 6.52. The lowest BCUT2D eigenvalue weighted by Crippen LogP contribution is -2.29. The summed E-state index contributed by atoms with van der Waals surface area (Å²) in [7, 11) is 4.74. The first kappa shape index (κ1) is 26.2. The summed E-state index contributed by atoms with van der Waals surface area (Å²) in [4.78, 5) is 27.0. The molecule has 0 saturated heterocycles. The Balaban J connectivity index is 1.82. The molecule has 8 heteroatoms. The SMILES string of the molecule is COc1cc2c(c(OC)c1OC)C1=CC=C(SC)C(=O)CC1[C@@H](OC(=O)c1cccc(CCl)c1)CC2. The second kappa shape index (κ2) is 11.4. The number of fused-ring (bicyclic) bond motifs is 3. The molecule has 0 aliphatic heterocycles. The molecule has 36 heavy (non-hydrogen) atoms. The molecule has 0 radical (unpaired) electrons. The van der Waals surface area contributed by atoms with Crippen molar-refractivity contribution in [3.8, 4) is 17.2 Å². The van der Waals surface area contributed by atoms with Gasteiger partial charge in [0.2, 0.25) is 5.75 Å². The second-order valence-corrected chi connectivity index (χ2v) is 9.70. The zero-order chi connectivity index (χ0) is 25.8. The molecule has 0 N–H and O–H groups in total. The number of ether oxygens (including phenoxy) is 4. The Kier molecular flexibility index (Phi) is 8.32. The molecule has 0 amide bonds. The maximum Gasteiger partial charge on any atom is 0.338 e. The minimum atomic E-state index is -0.518. The molecule has 0 spiro atoms. The molecule has 6 nitrogen and oxygen atoms in total. The summed E-state index contributed by atoms with van der Waals surface area (Å²) < 4.78 is 23.2. The minimum Gasteiger partial charge on any atom is -0.493 e. The van der Waals surface area contributed by atoms with E-state index in [0.29, 0.717) is 46.4 Å². The summed E-state index contributed by atoms with van der Waals surface area (Å²) in [5, 5.41) is 0. The first-order valence-electron chi connectivity index (χ1n) is 11.6. The highest BCUT2D eigenvalue weighted by Gasteiger charge is 2.39. The number of alkyl halides is 1. The molecule has 190 valence electrons.